The van der Waals surface area contributed by atoms with Gasteiger partial charge in [0.2, 0.25) is 0 Å². The minimum atomic E-state index is 0.501. The zero-order valence-electron chi connectivity index (χ0n) is 16.3. The van der Waals surface area contributed by atoms with Crippen molar-refractivity contribution >= 4 is 5.82 Å². The van der Waals surface area contributed by atoms with Gasteiger partial charge in [-0.05, 0) is 32.0 Å². The summed E-state index contributed by atoms with van der Waals surface area (Å²) in [5.74, 6) is 1.90. The first kappa shape index (κ1) is 18.2. The molecule has 0 radical (unpaired) electrons. The van der Waals surface area contributed by atoms with Crippen LogP contribution in [0.25, 0.3) is 0 Å². The molecular weight excluding hydrogens is 338 g/mol. The normalized spacial score (nSPS) is 18.7. The van der Waals surface area contributed by atoms with Crippen molar-refractivity contribution in [2.45, 2.75) is 32.4 Å². The lowest BCUT2D eigenvalue weighted by atomic mass is 10.0. The molecule has 0 amide bonds. The highest BCUT2D eigenvalue weighted by Gasteiger charge is 2.20. The van der Waals surface area contributed by atoms with E-state index in [4.69, 9.17) is 4.74 Å². The fraction of sp³-hybridized carbons (Fsp3) is 0.524. The third-order valence-electron chi connectivity index (χ3n) is 5.75. The Balaban J connectivity index is 1.39. The molecule has 2 aliphatic rings. The molecule has 4 rings (SSSR count). The molecule has 2 aromatic rings. The molecular formula is C21H29N5O. The lowest BCUT2D eigenvalue weighted by Crippen LogP contribution is -2.48. The number of benzene rings is 1. The van der Waals surface area contributed by atoms with Gasteiger partial charge < -0.3 is 15.0 Å². The van der Waals surface area contributed by atoms with Crippen molar-refractivity contribution in [2.75, 3.05) is 45.1 Å². The second-order valence-electron chi connectivity index (χ2n) is 7.62. The van der Waals surface area contributed by atoms with Crippen LogP contribution in [0.1, 0.15) is 30.2 Å². The molecule has 2 aliphatic heterocycles. The summed E-state index contributed by atoms with van der Waals surface area (Å²) in [6.07, 6.45) is 3.56. The van der Waals surface area contributed by atoms with Gasteiger partial charge in [0, 0.05) is 50.7 Å². The Kier molecular flexibility index (Phi) is 5.55. The van der Waals surface area contributed by atoms with Crippen LogP contribution in [0.2, 0.25) is 0 Å². The Morgan fingerprint density at radius 1 is 1.15 bits per heavy atom. The molecule has 1 atom stereocenters. The minimum Gasteiger partial charge on any atom is -0.487 e. The average Bonchev–Trinajstić information content (AvgIpc) is 2.88. The molecule has 1 fully saturated rings. The smallest absolute Gasteiger partial charge is 0.133 e. The molecule has 1 aromatic carbocycles. The van der Waals surface area contributed by atoms with Crippen LogP contribution in [-0.4, -0.2) is 65.6 Å². The third-order valence-corrected chi connectivity index (χ3v) is 5.75. The molecule has 6 nitrogen and oxygen atoms in total. The van der Waals surface area contributed by atoms with E-state index in [2.05, 4.69) is 51.2 Å². The number of piperazine rings is 1. The summed E-state index contributed by atoms with van der Waals surface area (Å²) in [5, 5.41) is 3.57. The Bertz CT molecular complexity index is 773. The fourth-order valence-electron chi connectivity index (χ4n) is 3.88. The van der Waals surface area contributed by atoms with Crippen LogP contribution >= 0.6 is 0 Å². The number of hydrogen-bond donors (Lipinski definition) is 1. The molecule has 144 valence electrons. The molecule has 1 N–H and O–H groups in total. The van der Waals surface area contributed by atoms with Crippen molar-refractivity contribution in [3.63, 3.8) is 0 Å². The number of hydrogen-bond acceptors (Lipinski definition) is 6. The zero-order valence-corrected chi connectivity index (χ0v) is 16.3. The van der Waals surface area contributed by atoms with Gasteiger partial charge in [0.25, 0.3) is 0 Å². The van der Waals surface area contributed by atoms with E-state index in [-0.39, 0.29) is 0 Å². The van der Waals surface area contributed by atoms with E-state index in [1.54, 1.807) is 6.33 Å². The van der Waals surface area contributed by atoms with E-state index in [1.807, 2.05) is 12.1 Å². The van der Waals surface area contributed by atoms with Crippen LogP contribution in [-0.2, 0) is 13.0 Å². The standard InChI is InChI=1S/C21H29N5O/c1-16(26-11-9-25(2)10-12-26)7-8-22-21-18-13-17-5-3-4-6-20(17)27-14-19(18)23-15-24-21/h3-6,15-16H,7-14H2,1-2H3,(H,22,23,24)/t16-/m0/s1. The zero-order chi connectivity index (χ0) is 18.6. The summed E-state index contributed by atoms with van der Waals surface area (Å²) in [6.45, 7) is 8.40. The van der Waals surface area contributed by atoms with Crippen molar-refractivity contribution in [3.8, 4) is 5.75 Å². The molecule has 1 aromatic heterocycles. The van der Waals surface area contributed by atoms with E-state index in [0.29, 0.717) is 12.6 Å². The predicted octanol–water partition coefficient (Wildman–Crippen LogP) is 2.40. The summed E-state index contributed by atoms with van der Waals surface area (Å²) in [5.41, 5.74) is 3.34. The van der Waals surface area contributed by atoms with Gasteiger partial charge in [-0.15, -0.1) is 0 Å². The number of nitrogens with zero attached hydrogens (tertiary/aromatic N) is 4. The van der Waals surface area contributed by atoms with E-state index < -0.39 is 0 Å². The van der Waals surface area contributed by atoms with Crippen LogP contribution in [0.3, 0.4) is 0 Å². The van der Waals surface area contributed by atoms with Gasteiger partial charge in [0.15, 0.2) is 0 Å². The van der Waals surface area contributed by atoms with Gasteiger partial charge >= 0.3 is 0 Å². The molecule has 0 saturated carbocycles. The maximum absolute atomic E-state index is 5.93. The number of anilines is 1. The quantitative estimate of drug-likeness (QED) is 0.876. The van der Waals surface area contributed by atoms with Crippen LogP contribution in [0.15, 0.2) is 30.6 Å². The van der Waals surface area contributed by atoms with Crippen molar-refractivity contribution in [1.29, 1.82) is 0 Å². The van der Waals surface area contributed by atoms with Gasteiger partial charge in [-0.3, -0.25) is 4.90 Å². The Hall–Kier alpha value is -2.18. The van der Waals surface area contributed by atoms with Gasteiger partial charge in [-0.25, -0.2) is 9.97 Å². The topological polar surface area (TPSA) is 53.5 Å². The van der Waals surface area contributed by atoms with E-state index in [1.165, 1.54) is 5.56 Å². The summed E-state index contributed by atoms with van der Waals surface area (Å²) in [7, 11) is 2.20. The first-order valence-electron chi connectivity index (χ1n) is 9.90. The van der Waals surface area contributed by atoms with Crippen molar-refractivity contribution in [2.24, 2.45) is 0 Å². The molecule has 1 saturated heterocycles. The van der Waals surface area contributed by atoms with E-state index >= 15 is 0 Å². The van der Waals surface area contributed by atoms with Gasteiger partial charge in [-0.1, -0.05) is 18.2 Å². The van der Waals surface area contributed by atoms with Crippen LogP contribution in [0, 0.1) is 0 Å². The number of aromatic nitrogens is 2. The minimum absolute atomic E-state index is 0.501. The molecule has 0 spiro atoms. The van der Waals surface area contributed by atoms with Crippen LogP contribution in [0.4, 0.5) is 5.82 Å². The molecule has 3 heterocycles. The van der Waals surface area contributed by atoms with Crippen molar-refractivity contribution in [3.05, 3.63) is 47.4 Å². The van der Waals surface area contributed by atoms with Crippen LogP contribution < -0.4 is 10.1 Å². The number of para-hydroxylation sites is 1. The number of ether oxygens (including phenoxy) is 1. The Labute approximate surface area is 161 Å². The highest BCUT2D eigenvalue weighted by atomic mass is 16.5. The van der Waals surface area contributed by atoms with E-state index in [9.17, 15) is 0 Å². The third kappa shape index (κ3) is 4.22. The largest absolute Gasteiger partial charge is 0.487 e. The van der Waals surface area contributed by atoms with Gasteiger partial charge in [-0.2, -0.15) is 0 Å². The molecule has 0 bridgehead atoms. The predicted molar refractivity (Wildman–Crippen MR) is 107 cm³/mol. The highest BCUT2D eigenvalue weighted by molar-refractivity contribution is 5.51. The summed E-state index contributed by atoms with van der Waals surface area (Å²) in [6, 6.07) is 8.80. The maximum Gasteiger partial charge on any atom is 0.133 e. The van der Waals surface area contributed by atoms with Crippen LogP contribution in [0.5, 0.6) is 5.75 Å². The summed E-state index contributed by atoms with van der Waals surface area (Å²) >= 11 is 0. The SMILES string of the molecule is C[C@@H](CCNc1ncnc2c1Cc1ccccc1OC2)N1CCN(C)CC1. The van der Waals surface area contributed by atoms with E-state index in [0.717, 1.165) is 68.4 Å². The van der Waals surface area contributed by atoms with Gasteiger partial charge in [0.1, 0.15) is 24.5 Å². The monoisotopic (exact) mass is 367 g/mol. The number of likely N-dealkylation sites (N-methyl/N-ethyl adjacent to an activating group) is 1. The van der Waals surface area contributed by atoms with Crippen molar-refractivity contribution in [1.82, 2.24) is 19.8 Å². The summed E-state index contributed by atoms with van der Waals surface area (Å²) in [4.78, 5) is 14.0. The number of fused-ring (bicyclic) bond motifs is 2. The Morgan fingerprint density at radius 3 is 2.81 bits per heavy atom. The second kappa shape index (κ2) is 8.23. The molecule has 6 heteroatoms. The van der Waals surface area contributed by atoms with Crippen molar-refractivity contribution < 1.29 is 4.74 Å². The fourth-order valence-corrected chi connectivity index (χ4v) is 3.88. The molecule has 0 unspecified atom stereocenters. The number of nitrogens with one attached hydrogen (secondary N) is 1. The summed E-state index contributed by atoms with van der Waals surface area (Å²) < 4.78 is 5.93. The maximum atomic E-state index is 5.93. The van der Waals surface area contributed by atoms with Gasteiger partial charge in [0.05, 0.1) is 5.69 Å². The number of rotatable bonds is 5. The average molecular weight is 367 g/mol. The first-order valence-corrected chi connectivity index (χ1v) is 9.90. The first-order chi connectivity index (χ1) is 13.2. The highest BCUT2D eigenvalue weighted by Crippen LogP contribution is 2.30. The Morgan fingerprint density at radius 2 is 1.96 bits per heavy atom. The lowest BCUT2D eigenvalue weighted by Gasteiger charge is -2.36. The molecule has 0 aliphatic carbocycles. The second-order valence-corrected chi connectivity index (χ2v) is 7.62. The lowest BCUT2D eigenvalue weighted by molar-refractivity contribution is 0.116. The molecule has 27 heavy (non-hydrogen) atoms.